The maximum Gasteiger partial charge on any atom is 0.326 e. The molecule has 2 aromatic heterocycles. The average Bonchev–Trinajstić information content (AvgIpc) is 3.12. The maximum atomic E-state index is 12.4. The molecule has 0 saturated carbocycles. The Hall–Kier alpha value is -2.71. The second-order valence-corrected chi connectivity index (χ2v) is 6.63. The Morgan fingerprint density at radius 3 is 2.81 bits per heavy atom. The van der Waals surface area contributed by atoms with Crippen molar-refractivity contribution in [3.05, 3.63) is 18.5 Å². The number of aromatic nitrogens is 4. The van der Waals surface area contributed by atoms with E-state index in [2.05, 4.69) is 25.5 Å². The van der Waals surface area contributed by atoms with E-state index in [0.29, 0.717) is 38.0 Å². The van der Waals surface area contributed by atoms with E-state index in [4.69, 9.17) is 0 Å². The lowest BCUT2D eigenvalue weighted by Gasteiger charge is -2.32. The van der Waals surface area contributed by atoms with E-state index >= 15 is 0 Å². The van der Waals surface area contributed by atoms with Gasteiger partial charge in [0.2, 0.25) is 5.91 Å². The smallest absolute Gasteiger partial charge is 0.326 e. The number of carbonyl (C=O) groups excluding carboxylic acids is 1. The third-order valence-corrected chi connectivity index (χ3v) is 4.80. The molecule has 1 amide bonds. The summed E-state index contributed by atoms with van der Waals surface area (Å²) in [7, 11) is 0. The molecule has 3 rings (SSSR count). The summed E-state index contributed by atoms with van der Waals surface area (Å²) in [6.45, 7) is 3.40. The Bertz CT molecular complexity index is 769. The van der Waals surface area contributed by atoms with Crippen LogP contribution in [0.1, 0.15) is 39.0 Å². The first kappa shape index (κ1) is 18.1. The summed E-state index contributed by atoms with van der Waals surface area (Å²) < 4.78 is 1.62. The molecule has 0 radical (unpaired) electrons. The number of piperidine rings is 1. The number of anilines is 1. The predicted octanol–water partition coefficient (Wildman–Crippen LogP) is 1.10. The number of nitrogens with zero attached hydrogens (tertiary/aromatic N) is 5. The van der Waals surface area contributed by atoms with Gasteiger partial charge in [0.05, 0.1) is 0 Å². The van der Waals surface area contributed by atoms with Gasteiger partial charge < -0.3 is 15.3 Å². The van der Waals surface area contributed by atoms with Gasteiger partial charge in [0.25, 0.3) is 0 Å². The van der Waals surface area contributed by atoms with Crippen LogP contribution in [0.3, 0.4) is 0 Å². The molecule has 3 heterocycles. The predicted molar refractivity (Wildman–Crippen MR) is 94.8 cm³/mol. The summed E-state index contributed by atoms with van der Waals surface area (Å²) in [5.74, 6) is -0.457. The second-order valence-electron chi connectivity index (χ2n) is 6.63. The molecule has 9 heteroatoms. The third-order valence-electron chi connectivity index (χ3n) is 4.80. The van der Waals surface area contributed by atoms with Crippen molar-refractivity contribution in [2.75, 3.05) is 18.0 Å². The lowest BCUT2D eigenvalue weighted by atomic mass is 9.95. The minimum absolute atomic E-state index is 0.157. The van der Waals surface area contributed by atoms with Crippen LogP contribution in [0.4, 0.5) is 5.82 Å². The fourth-order valence-electron chi connectivity index (χ4n) is 3.21. The van der Waals surface area contributed by atoms with Gasteiger partial charge in [-0.2, -0.15) is 4.52 Å². The SMILES string of the molecule is CCCC[C@H](NC(=O)C1CCN(c2ccc3nncn3n2)CC1)C(=O)O. The van der Waals surface area contributed by atoms with Crippen molar-refractivity contribution < 1.29 is 14.7 Å². The maximum absolute atomic E-state index is 12.4. The van der Waals surface area contributed by atoms with Gasteiger partial charge in [0.1, 0.15) is 18.2 Å². The number of fused-ring (bicyclic) bond motifs is 1. The minimum atomic E-state index is -0.962. The molecular formula is C17H24N6O3. The quantitative estimate of drug-likeness (QED) is 0.760. The molecule has 2 N–H and O–H groups in total. The summed E-state index contributed by atoms with van der Waals surface area (Å²) >= 11 is 0. The Balaban J connectivity index is 1.55. The zero-order valence-corrected chi connectivity index (χ0v) is 14.8. The molecule has 0 unspecified atom stereocenters. The molecule has 1 fully saturated rings. The van der Waals surface area contributed by atoms with Crippen LogP contribution in [-0.2, 0) is 9.59 Å². The van der Waals surface area contributed by atoms with Crippen molar-refractivity contribution >= 4 is 23.3 Å². The van der Waals surface area contributed by atoms with E-state index in [0.717, 1.165) is 18.7 Å². The van der Waals surface area contributed by atoms with Gasteiger partial charge in [-0.05, 0) is 31.4 Å². The van der Waals surface area contributed by atoms with E-state index in [1.807, 2.05) is 19.1 Å². The molecule has 1 atom stereocenters. The lowest BCUT2D eigenvalue weighted by molar-refractivity contribution is -0.142. The van der Waals surface area contributed by atoms with Crippen LogP contribution in [0.2, 0.25) is 0 Å². The number of aliphatic carboxylic acids is 1. The standard InChI is InChI=1S/C17H24N6O3/c1-2-3-4-13(17(25)26)19-16(24)12-7-9-22(10-8-12)15-6-5-14-20-18-11-23(14)21-15/h5-6,11-13H,2-4,7-10H2,1H3,(H,19,24)(H,25,26)/t13-/m0/s1. The molecule has 9 nitrogen and oxygen atoms in total. The fraction of sp³-hybridized carbons (Fsp3) is 0.588. The zero-order chi connectivity index (χ0) is 18.5. The van der Waals surface area contributed by atoms with E-state index in [1.54, 1.807) is 10.8 Å². The van der Waals surface area contributed by atoms with Crippen LogP contribution in [0.15, 0.2) is 18.5 Å². The Morgan fingerprint density at radius 1 is 1.35 bits per heavy atom. The molecule has 0 aromatic carbocycles. The number of nitrogens with one attached hydrogen (secondary N) is 1. The van der Waals surface area contributed by atoms with E-state index in [9.17, 15) is 14.7 Å². The average molecular weight is 360 g/mol. The van der Waals surface area contributed by atoms with Gasteiger partial charge in [-0.15, -0.1) is 15.3 Å². The number of carbonyl (C=O) groups is 2. The molecule has 1 saturated heterocycles. The minimum Gasteiger partial charge on any atom is -0.480 e. The largest absolute Gasteiger partial charge is 0.480 e. The highest BCUT2D eigenvalue weighted by atomic mass is 16.4. The number of rotatable bonds is 7. The summed E-state index contributed by atoms with van der Waals surface area (Å²) in [4.78, 5) is 25.9. The first-order valence-electron chi connectivity index (χ1n) is 9.03. The summed E-state index contributed by atoms with van der Waals surface area (Å²) in [6, 6.07) is 2.97. The third kappa shape index (κ3) is 4.09. The number of carboxylic acids is 1. The number of carboxylic acid groups (broad SMARTS) is 1. The summed E-state index contributed by atoms with van der Waals surface area (Å²) in [5, 5.41) is 24.2. The number of hydrogen-bond donors (Lipinski definition) is 2. The van der Waals surface area contributed by atoms with Crippen molar-refractivity contribution in [2.45, 2.75) is 45.1 Å². The molecule has 1 aliphatic heterocycles. The molecule has 26 heavy (non-hydrogen) atoms. The monoisotopic (exact) mass is 360 g/mol. The van der Waals surface area contributed by atoms with E-state index in [-0.39, 0.29) is 11.8 Å². The molecule has 0 aliphatic carbocycles. The summed E-state index contributed by atoms with van der Waals surface area (Å²) in [5.41, 5.74) is 0.690. The van der Waals surface area contributed by atoms with Gasteiger partial charge in [-0.1, -0.05) is 19.8 Å². The Kier molecular flexibility index (Phi) is 5.65. The van der Waals surface area contributed by atoms with Gasteiger partial charge in [-0.25, -0.2) is 4.79 Å². The first-order valence-corrected chi connectivity index (χ1v) is 9.03. The molecule has 2 aromatic rings. The highest BCUT2D eigenvalue weighted by molar-refractivity contribution is 5.85. The highest BCUT2D eigenvalue weighted by Crippen LogP contribution is 2.22. The number of amides is 1. The number of unbranched alkanes of at least 4 members (excludes halogenated alkanes) is 1. The Morgan fingerprint density at radius 2 is 2.12 bits per heavy atom. The van der Waals surface area contributed by atoms with Gasteiger partial charge >= 0.3 is 5.97 Å². The topological polar surface area (TPSA) is 113 Å². The van der Waals surface area contributed by atoms with Gasteiger partial charge in [0, 0.05) is 19.0 Å². The van der Waals surface area contributed by atoms with Crippen LogP contribution in [0.5, 0.6) is 0 Å². The van der Waals surface area contributed by atoms with Gasteiger partial charge in [-0.3, -0.25) is 4.79 Å². The van der Waals surface area contributed by atoms with Crippen LogP contribution in [0.25, 0.3) is 5.65 Å². The number of hydrogen-bond acceptors (Lipinski definition) is 6. The first-order chi connectivity index (χ1) is 12.6. The van der Waals surface area contributed by atoms with Crippen molar-refractivity contribution in [1.82, 2.24) is 25.1 Å². The highest BCUT2D eigenvalue weighted by Gasteiger charge is 2.28. The molecule has 0 spiro atoms. The lowest BCUT2D eigenvalue weighted by Crippen LogP contribution is -2.46. The Labute approximate surface area is 151 Å². The van der Waals surface area contributed by atoms with Crippen LogP contribution >= 0.6 is 0 Å². The fourth-order valence-corrected chi connectivity index (χ4v) is 3.21. The van der Waals surface area contributed by atoms with Crippen molar-refractivity contribution in [3.63, 3.8) is 0 Å². The van der Waals surface area contributed by atoms with Crippen LogP contribution in [0, 0.1) is 5.92 Å². The van der Waals surface area contributed by atoms with Crippen LogP contribution in [-0.4, -0.2) is 55.9 Å². The van der Waals surface area contributed by atoms with Crippen LogP contribution < -0.4 is 10.2 Å². The van der Waals surface area contributed by atoms with E-state index in [1.165, 1.54) is 0 Å². The second kappa shape index (κ2) is 8.11. The molecule has 140 valence electrons. The van der Waals surface area contributed by atoms with Gasteiger partial charge in [0.15, 0.2) is 5.65 Å². The zero-order valence-electron chi connectivity index (χ0n) is 14.8. The molecular weight excluding hydrogens is 336 g/mol. The summed E-state index contributed by atoms with van der Waals surface area (Å²) in [6.07, 6.45) is 5.07. The van der Waals surface area contributed by atoms with Crippen molar-refractivity contribution in [2.24, 2.45) is 5.92 Å². The van der Waals surface area contributed by atoms with E-state index < -0.39 is 12.0 Å². The normalized spacial score (nSPS) is 16.6. The van der Waals surface area contributed by atoms with Crippen molar-refractivity contribution in [1.29, 1.82) is 0 Å². The molecule has 0 bridgehead atoms. The van der Waals surface area contributed by atoms with Crippen molar-refractivity contribution in [3.8, 4) is 0 Å². The molecule has 1 aliphatic rings.